The second-order valence-corrected chi connectivity index (χ2v) is 5.45. The first kappa shape index (κ1) is 13.2. The Morgan fingerprint density at radius 2 is 2.00 bits per heavy atom. The number of amides is 1. The molecule has 0 atom stereocenters. The predicted octanol–water partition coefficient (Wildman–Crippen LogP) is 4.17. The summed E-state index contributed by atoms with van der Waals surface area (Å²) in [5.74, 6) is 0.332. The highest BCUT2D eigenvalue weighted by Crippen LogP contribution is 2.19. The molecule has 0 radical (unpaired) electrons. The van der Waals surface area contributed by atoms with Crippen molar-refractivity contribution in [3.05, 3.63) is 56.6 Å². The Hall–Kier alpha value is -1.20. The summed E-state index contributed by atoms with van der Waals surface area (Å²) in [5, 5.41) is 2.76. The molecule has 2 aromatic rings. The average molecular weight is 370 g/mol. The maximum atomic E-state index is 12.1. The molecule has 1 aromatic carbocycles. The number of hydrogen-bond acceptors (Lipinski definition) is 2. The van der Waals surface area contributed by atoms with E-state index >= 15 is 0 Å². The van der Waals surface area contributed by atoms with Gasteiger partial charge in [0.05, 0.1) is 5.56 Å². The Balaban J connectivity index is 2.24. The quantitative estimate of drug-likeness (QED) is 0.807. The van der Waals surface area contributed by atoms with E-state index in [1.807, 2.05) is 31.2 Å². The molecule has 1 heterocycles. The van der Waals surface area contributed by atoms with Gasteiger partial charge in [-0.1, -0.05) is 17.7 Å². The fourth-order valence-corrected chi connectivity index (χ4v) is 2.24. The minimum Gasteiger partial charge on any atom is -0.306 e. The van der Waals surface area contributed by atoms with E-state index in [9.17, 15) is 4.79 Å². The number of aromatic nitrogens is 1. The number of aryl methyl sites for hydroxylation is 1. The average Bonchev–Trinajstić information content (AvgIpc) is 2.32. The van der Waals surface area contributed by atoms with E-state index in [4.69, 9.17) is 0 Å². The molecule has 0 aliphatic rings. The minimum atomic E-state index is -0.184. The highest BCUT2D eigenvalue weighted by molar-refractivity contribution is 9.10. The Bertz CT molecular complexity index is 599. The molecule has 1 aromatic heterocycles. The number of nitrogens with one attached hydrogen (secondary N) is 1. The summed E-state index contributed by atoms with van der Waals surface area (Å²) in [5.41, 5.74) is 1.63. The number of anilines is 1. The van der Waals surface area contributed by atoms with Gasteiger partial charge in [0.1, 0.15) is 10.4 Å². The smallest absolute Gasteiger partial charge is 0.257 e. The van der Waals surface area contributed by atoms with E-state index in [2.05, 4.69) is 42.2 Å². The van der Waals surface area contributed by atoms with Crippen molar-refractivity contribution in [1.82, 2.24) is 4.98 Å². The van der Waals surface area contributed by atoms with Crippen LogP contribution in [0.4, 0.5) is 5.82 Å². The van der Waals surface area contributed by atoms with Crippen molar-refractivity contribution in [2.75, 3.05) is 5.32 Å². The lowest BCUT2D eigenvalue weighted by molar-refractivity contribution is 0.102. The Morgan fingerprint density at radius 3 is 2.72 bits per heavy atom. The topological polar surface area (TPSA) is 42.0 Å². The standard InChI is InChI=1S/C13H10Br2N2O/c1-8-5-6-10(14)9(7-8)13(18)17-12-4-2-3-11(15)16-12/h2-7H,1H3,(H,16,17,18). The van der Waals surface area contributed by atoms with Crippen molar-refractivity contribution in [2.45, 2.75) is 6.92 Å². The number of nitrogens with zero attached hydrogens (tertiary/aromatic N) is 1. The van der Waals surface area contributed by atoms with Crippen LogP contribution in [0.25, 0.3) is 0 Å². The third-order valence-electron chi connectivity index (χ3n) is 2.32. The fourth-order valence-electron chi connectivity index (χ4n) is 1.47. The molecule has 1 amide bonds. The van der Waals surface area contributed by atoms with Crippen LogP contribution in [0.1, 0.15) is 15.9 Å². The SMILES string of the molecule is Cc1ccc(Br)c(C(=O)Nc2cccc(Br)n2)c1. The number of carbonyl (C=O) groups is 1. The molecule has 0 fully saturated rings. The molecule has 0 bridgehead atoms. The van der Waals surface area contributed by atoms with Crippen molar-refractivity contribution >= 4 is 43.6 Å². The van der Waals surface area contributed by atoms with Crippen molar-refractivity contribution in [3.8, 4) is 0 Å². The molecule has 92 valence electrons. The predicted molar refractivity (Wildman–Crippen MR) is 78.8 cm³/mol. The lowest BCUT2D eigenvalue weighted by Crippen LogP contribution is -2.13. The molecule has 0 saturated carbocycles. The van der Waals surface area contributed by atoms with E-state index < -0.39 is 0 Å². The van der Waals surface area contributed by atoms with Crippen LogP contribution < -0.4 is 5.32 Å². The zero-order chi connectivity index (χ0) is 13.1. The zero-order valence-corrected chi connectivity index (χ0v) is 12.7. The first-order valence-electron chi connectivity index (χ1n) is 5.26. The van der Waals surface area contributed by atoms with Gasteiger partial charge in [-0.15, -0.1) is 0 Å². The van der Waals surface area contributed by atoms with Gasteiger partial charge in [-0.05, 0) is 63.0 Å². The Kier molecular flexibility index (Phi) is 4.14. The maximum absolute atomic E-state index is 12.1. The molecule has 0 spiro atoms. The van der Waals surface area contributed by atoms with E-state index in [0.717, 1.165) is 10.0 Å². The summed E-state index contributed by atoms with van der Waals surface area (Å²) < 4.78 is 1.45. The molecule has 0 aliphatic carbocycles. The molecule has 0 saturated heterocycles. The second kappa shape index (κ2) is 5.63. The number of hydrogen-bond donors (Lipinski definition) is 1. The third-order valence-corrected chi connectivity index (χ3v) is 3.46. The zero-order valence-electron chi connectivity index (χ0n) is 9.58. The fraction of sp³-hybridized carbons (Fsp3) is 0.0769. The number of carbonyl (C=O) groups excluding carboxylic acids is 1. The molecule has 3 nitrogen and oxygen atoms in total. The van der Waals surface area contributed by atoms with Gasteiger partial charge in [0.2, 0.25) is 0 Å². The second-order valence-electron chi connectivity index (χ2n) is 3.78. The van der Waals surface area contributed by atoms with E-state index in [1.165, 1.54) is 0 Å². The lowest BCUT2D eigenvalue weighted by Gasteiger charge is -2.07. The number of rotatable bonds is 2. The Morgan fingerprint density at radius 1 is 1.22 bits per heavy atom. The van der Waals surface area contributed by atoms with Gasteiger partial charge in [-0.25, -0.2) is 4.98 Å². The van der Waals surface area contributed by atoms with Gasteiger partial charge < -0.3 is 5.32 Å². The molecule has 0 unspecified atom stereocenters. The molecular formula is C13H10Br2N2O. The highest BCUT2D eigenvalue weighted by Gasteiger charge is 2.11. The van der Waals surface area contributed by atoms with Gasteiger partial charge in [0.25, 0.3) is 5.91 Å². The summed E-state index contributed by atoms with van der Waals surface area (Å²) in [7, 11) is 0. The van der Waals surface area contributed by atoms with Crippen LogP contribution in [0.2, 0.25) is 0 Å². The number of benzene rings is 1. The van der Waals surface area contributed by atoms with Crippen molar-refractivity contribution < 1.29 is 4.79 Å². The van der Waals surface area contributed by atoms with Crippen LogP contribution in [-0.4, -0.2) is 10.9 Å². The Labute approximate surface area is 122 Å². The van der Waals surface area contributed by atoms with Crippen LogP contribution >= 0.6 is 31.9 Å². The minimum absolute atomic E-state index is 0.184. The number of halogens is 2. The van der Waals surface area contributed by atoms with Gasteiger partial charge in [-0.3, -0.25) is 4.79 Å². The van der Waals surface area contributed by atoms with E-state index in [1.54, 1.807) is 12.1 Å². The molecule has 1 N–H and O–H groups in total. The maximum Gasteiger partial charge on any atom is 0.257 e. The summed E-state index contributed by atoms with van der Waals surface area (Å²) >= 11 is 6.63. The van der Waals surface area contributed by atoms with Crippen LogP contribution in [-0.2, 0) is 0 Å². The normalized spacial score (nSPS) is 10.2. The lowest BCUT2D eigenvalue weighted by atomic mass is 10.1. The van der Waals surface area contributed by atoms with Crippen LogP contribution in [0, 0.1) is 6.92 Å². The summed E-state index contributed by atoms with van der Waals surface area (Å²) in [6.07, 6.45) is 0. The monoisotopic (exact) mass is 368 g/mol. The molecular weight excluding hydrogens is 360 g/mol. The van der Waals surface area contributed by atoms with Crippen LogP contribution in [0.15, 0.2) is 45.5 Å². The van der Waals surface area contributed by atoms with Crippen LogP contribution in [0.5, 0.6) is 0 Å². The first-order valence-corrected chi connectivity index (χ1v) is 6.85. The van der Waals surface area contributed by atoms with Crippen molar-refractivity contribution in [1.29, 1.82) is 0 Å². The van der Waals surface area contributed by atoms with Crippen molar-refractivity contribution in [2.24, 2.45) is 0 Å². The molecule has 2 rings (SSSR count). The highest BCUT2D eigenvalue weighted by atomic mass is 79.9. The largest absolute Gasteiger partial charge is 0.306 e. The summed E-state index contributed by atoms with van der Waals surface area (Å²) in [4.78, 5) is 16.3. The summed E-state index contributed by atoms with van der Waals surface area (Å²) in [6, 6.07) is 11.0. The van der Waals surface area contributed by atoms with E-state index in [0.29, 0.717) is 16.0 Å². The van der Waals surface area contributed by atoms with Crippen LogP contribution in [0.3, 0.4) is 0 Å². The van der Waals surface area contributed by atoms with Gasteiger partial charge in [0.15, 0.2) is 0 Å². The van der Waals surface area contributed by atoms with Gasteiger partial charge in [-0.2, -0.15) is 0 Å². The van der Waals surface area contributed by atoms with Gasteiger partial charge >= 0.3 is 0 Å². The molecule has 5 heteroatoms. The van der Waals surface area contributed by atoms with Gasteiger partial charge in [0, 0.05) is 4.47 Å². The van der Waals surface area contributed by atoms with E-state index in [-0.39, 0.29) is 5.91 Å². The number of pyridine rings is 1. The van der Waals surface area contributed by atoms with Crippen molar-refractivity contribution in [3.63, 3.8) is 0 Å². The summed E-state index contributed by atoms with van der Waals surface area (Å²) in [6.45, 7) is 1.95. The molecule has 18 heavy (non-hydrogen) atoms. The molecule has 0 aliphatic heterocycles. The first-order chi connectivity index (χ1) is 8.56. The third kappa shape index (κ3) is 3.17.